The number of aromatic hydroxyl groups is 1. The molecular weight excluding hydrogens is 230 g/mol. The molecule has 0 saturated heterocycles. The molecule has 0 bridgehead atoms. The van der Waals surface area contributed by atoms with Gasteiger partial charge >= 0.3 is 0 Å². The monoisotopic (exact) mass is 245 g/mol. The molecule has 5 heteroatoms. The van der Waals surface area contributed by atoms with E-state index in [4.69, 9.17) is 0 Å². The van der Waals surface area contributed by atoms with E-state index in [9.17, 15) is 9.90 Å². The summed E-state index contributed by atoms with van der Waals surface area (Å²) in [6.07, 6.45) is 1.69. The van der Waals surface area contributed by atoms with Crippen LogP contribution < -0.4 is 5.32 Å². The molecule has 0 fully saturated rings. The average molecular weight is 245 g/mol. The van der Waals surface area contributed by atoms with Gasteiger partial charge in [-0.1, -0.05) is 0 Å². The average Bonchev–Trinajstić information content (AvgIpc) is 2.72. The summed E-state index contributed by atoms with van der Waals surface area (Å²) in [6, 6.07) is 6.54. The molecule has 0 spiro atoms. The Morgan fingerprint density at radius 1 is 1.44 bits per heavy atom. The van der Waals surface area contributed by atoms with Crippen molar-refractivity contribution in [3.8, 4) is 5.75 Å². The molecule has 0 radical (unpaired) electrons. The maximum atomic E-state index is 12.0. The Kier molecular flexibility index (Phi) is 3.32. The summed E-state index contributed by atoms with van der Waals surface area (Å²) in [5.41, 5.74) is 2.24. The molecule has 0 unspecified atom stereocenters. The van der Waals surface area contributed by atoms with Crippen LogP contribution in [0.4, 0.5) is 0 Å². The molecule has 94 valence electrons. The van der Waals surface area contributed by atoms with Crippen LogP contribution in [0.1, 0.15) is 21.6 Å². The van der Waals surface area contributed by atoms with Gasteiger partial charge < -0.3 is 10.4 Å². The highest BCUT2D eigenvalue weighted by atomic mass is 16.3. The first-order chi connectivity index (χ1) is 8.58. The first-order valence-electron chi connectivity index (χ1n) is 5.62. The predicted octanol–water partition coefficient (Wildman–Crippen LogP) is 1.36. The van der Waals surface area contributed by atoms with Gasteiger partial charge in [0.15, 0.2) is 0 Å². The summed E-state index contributed by atoms with van der Waals surface area (Å²) in [7, 11) is 1.83. The van der Waals surface area contributed by atoms with E-state index >= 15 is 0 Å². The number of phenols is 1. The van der Waals surface area contributed by atoms with E-state index in [0.29, 0.717) is 12.1 Å². The molecule has 2 aromatic rings. The van der Waals surface area contributed by atoms with Crippen molar-refractivity contribution >= 4 is 5.91 Å². The van der Waals surface area contributed by atoms with Crippen LogP contribution in [0, 0.1) is 6.92 Å². The van der Waals surface area contributed by atoms with E-state index in [2.05, 4.69) is 10.4 Å². The van der Waals surface area contributed by atoms with Crippen molar-refractivity contribution in [1.29, 1.82) is 0 Å². The quantitative estimate of drug-likeness (QED) is 0.858. The van der Waals surface area contributed by atoms with Gasteiger partial charge in [-0.15, -0.1) is 0 Å². The largest absolute Gasteiger partial charge is 0.508 e. The van der Waals surface area contributed by atoms with Crippen LogP contribution in [0.25, 0.3) is 0 Å². The van der Waals surface area contributed by atoms with Gasteiger partial charge in [0, 0.05) is 18.8 Å². The van der Waals surface area contributed by atoms with E-state index < -0.39 is 0 Å². The van der Waals surface area contributed by atoms with Crippen LogP contribution in [0.5, 0.6) is 5.75 Å². The zero-order valence-electron chi connectivity index (χ0n) is 10.3. The van der Waals surface area contributed by atoms with Gasteiger partial charge in [0.2, 0.25) is 0 Å². The standard InChI is InChI=1S/C13H15N3O2/c1-9-7-11(17)3-4-12(9)13(18)14-8-10-5-6-15-16(10)2/h3-7,17H,8H2,1-2H3,(H,14,18). The fourth-order valence-electron chi connectivity index (χ4n) is 1.74. The first-order valence-corrected chi connectivity index (χ1v) is 5.62. The lowest BCUT2D eigenvalue weighted by atomic mass is 10.1. The SMILES string of the molecule is Cc1cc(O)ccc1C(=O)NCc1ccnn1C. The number of carbonyl (C=O) groups is 1. The molecule has 0 aliphatic rings. The zero-order valence-corrected chi connectivity index (χ0v) is 10.3. The van der Waals surface area contributed by atoms with Crippen LogP contribution in [-0.2, 0) is 13.6 Å². The van der Waals surface area contributed by atoms with Crippen molar-refractivity contribution < 1.29 is 9.90 Å². The summed E-state index contributed by atoms with van der Waals surface area (Å²) >= 11 is 0. The second-order valence-electron chi connectivity index (χ2n) is 4.13. The molecule has 2 N–H and O–H groups in total. The van der Waals surface area contributed by atoms with Crippen molar-refractivity contribution in [3.63, 3.8) is 0 Å². The Bertz CT molecular complexity index is 575. The van der Waals surface area contributed by atoms with Crippen molar-refractivity contribution in [3.05, 3.63) is 47.3 Å². The van der Waals surface area contributed by atoms with Gasteiger partial charge in [-0.2, -0.15) is 5.10 Å². The van der Waals surface area contributed by atoms with Gasteiger partial charge in [-0.3, -0.25) is 9.48 Å². The minimum Gasteiger partial charge on any atom is -0.508 e. The van der Waals surface area contributed by atoms with Crippen LogP contribution in [0.15, 0.2) is 30.5 Å². The van der Waals surface area contributed by atoms with Crippen LogP contribution >= 0.6 is 0 Å². The number of carbonyl (C=O) groups excluding carboxylic acids is 1. The molecular formula is C13H15N3O2. The molecule has 0 aliphatic heterocycles. The van der Waals surface area contributed by atoms with Gasteiger partial charge in [0.1, 0.15) is 5.75 Å². The summed E-state index contributed by atoms with van der Waals surface area (Å²) in [4.78, 5) is 12.0. The Morgan fingerprint density at radius 2 is 2.22 bits per heavy atom. The highest BCUT2D eigenvalue weighted by molar-refractivity contribution is 5.95. The predicted molar refractivity (Wildman–Crippen MR) is 67.2 cm³/mol. The molecule has 0 atom stereocenters. The van der Waals surface area contributed by atoms with E-state index in [0.717, 1.165) is 11.3 Å². The van der Waals surface area contributed by atoms with E-state index in [1.165, 1.54) is 6.07 Å². The van der Waals surface area contributed by atoms with E-state index in [1.807, 2.05) is 13.1 Å². The van der Waals surface area contributed by atoms with Crippen molar-refractivity contribution in [2.45, 2.75) is 13.5 Å². The number of phenolic OH excluding ortho intramolecular Hbond substituents is 1. The Hall–Kier alpha value is -2.30. The number of amides is 1. The lowest BCUT2D eigenvalue weighted by molar-refractivity contribution is 0.0949. The van der Waals surface area contributed by atoms with Gasteiger partial charge in [0.25, 0.3) is 5.91 Å². The number of hydrogen-bond acceptors (Lipinski definition) is 3. The molecule has 0 saturated carbocycles. The third-order valence-corrected chi connectivity index (χ3v) is 2.81. The highest BCUT2D eigenvalue weighted by Gasteiger charge is 2.09. The number of hydrogen-bond donors (Lipinski definition) is 2. The topological polar surface area (TPSA) is 67.2 Å². The molecule has 1 heterocycles. The third-order valence-electron chi connectivity index (χ3n) is 2.81. The molecule has 1 aromatic heterocycles. The summed E-state index contributed by atoms with van der Waals surface area (Å²) in [5.74, 6) is 0.00406. The number of nitrogens with one attached hydrogen (secondary N) is 1. The maximum absolute atomic E-state index is 12.0. The van der Waals surface area contributed by atoms with Gasteiger partial charge in [-0.25, -0.2) is 0 Å². The number of benzene rings is 1. The van der Waals surface area contributed by atoms with Gasteiger partial charge in [-0.05, 0) is 36.8 Å². The Labute approximate surface area is 105 Å². The Morgan fingerprint density at radius 3 is 2.83 bits per heavy atom. The molecule has 18 heavy (non-hydrogen) atoms. The third kappa shape index (κ3) is 2.51. The number of aromatic nitrogens is 2. The molecule has 2 rings (SSSR count). The smallest absolute Gasteiger partial charge is 0.251 e. The Balaban J connectivity index is 2.06. The number of nitrogens with zero attached hydrogens (tertiary/aromatic N) is 2. The fourth-order valence-corrected chi connectivity index (χ4v) is 1.74. The first kappa shape index (κ1) is 12.2. The second-order valence-corrected chi connectivity index (χ2v) is 4.13. The molecule has 1 amide bonds. The fraction of sp³-hybridized carbons (Fsp3) is 0.231. The van der Waals surface area contributed by atoms with Crippen molar-refractivity contribution in [2.24, 2.45) is 7.05 Å². The zero-order chi connectivity index (χ0) is 13.1. The summed E-state index contributed by atoms with van der Waals surface area (Å²) < 4.78 is 1.71. The van der Waals surface area contributed by atoms with Crippen LogP contribution in [0.3, 0.4) is 0 Å². The molecule has 5 nitrogen and oxygen atoms in total. The number of rotatable bonds is 3. The lowest BCUT2D eigenvalue weighted by Gasteiger charge is -2.08. The van der Waals surface area contributed by atoms with Crippen LogP contribution in [0.2, 0.25) is 0 Å². The normalized spacial score (nSPS) is 10.3. The summed E-state index contributed by atoms with van der Waals surface area (Å²) in [6.45, 7) is 2.22. The van der Waals surface area contributed by atoms with Crippen LogP contribution in [-0.4, -0.2) is 20.8 Å². The van der Waals surface area contributed by atoms with E-state index in [-0.39, 0.29) is 11.7 Å². The lowest BCUT2D eigenvalue weighted by Crippen LogP contribution is -2.24. The maximum Gasteiger partial charge on any atom is 0.251 e. The van der Waals surface area contributed by atoms with Crippen molar-refractivity contribution in [2.75, 3.05) is 0 Å². The van der Waals surface area contributed by atoms with Crippen molar-refractivity contribution in [1.82, 2.24) is 15.1 Å². The number of aryl methyl sites for hydroxylation is 2. The second kappa shape index (κ2) is 4.91. The minimum absolute atomic E-state index is 0.159. The van der Waals surface area contributed by atoms with E-state index in [1.54, 1.807) is 29.9 Å². The minimum atomic E-state index is -0.159. The summed E-state index contributed by atoms with van der Waals surface area (Å²) in [5, 5.41) is 16.1. The van der Waals surface area contributed by atoms with Gasteiger partial charge in [0.05, 0.1) is 12.2 Å². The highest BCUT2D eigenvalue weighted by Crippen LogP contribution is 2.15. The molecule has 0 aliphatic carbocycles. The molecule has 1 aromatic carbocycles.